The number of amides is 1. The van der Waals surface area contributed by atoms with Crippen LogP contribution in [0.2, 0.25) is 0 Å². The Labute approximate surface area is 133 Å². The Morgan fingerprint density at radius 1 is 1.00 bits per heavy atom. The van der Waals surface area contributed by atoms with E-state index in [2.05, 4.69) is 5.32 Å². The molecule has 0 aliphatic heterocycles. The second-order valence-electron chi connectivity index (χ2n) is 5.82. The molecule has 1 aliphatic carbocycles. The average molecular weight is 316 g/mol. The summed E-state index contributed by atoms with van der Waals surface area (Å²) < 4.78 is 25.2. The van der Waals surface area contributed by atoms with Gasteiger partial charge in [0.1, 0.15) is 0 Å². The number of halogens is 2. The van der Waals surface area contributed by atoms with Crippen molar-refractivity contribution in [2.45, 2.75) is 25.3 Å². The molecule has 3 rings (SSSR count). The van der Waals surface area contributed by atoms with Gasteiger partial charge in [0.25, 0.3) is 6.43 Å². The molecule has 2 aromatic rings. The molecule has 5 heteroatoms. The van der Waals surface area contributed by atoms with E-state index in [1.54, 1.807) is 24.3 Å². The Balaban J connectivity index is 1.70. The zero-order chi connectivity index (χ0) is 16.4. The summed E-state index contributed by atoms with van der Waals surface area (Å²) in [5.41, 5.74) is 8.47. The largest absolute Gasteiger partial charge is 0.326 e. The van der Waals surface area contributed by atoms with Crippen LogP contribution in [0.1, 0.15) is 24.4 Å². The molecule has 2 aromatic carbocycles. The van der Waals surface area contributed by atoms with Crippen molar-refractivity contribution in [2.75, 3.05) is 5.32 Å². The van der Waals surface area contributed by atoms with E-state index in [1.165, 1.54) is 0 Å². The van der Waals surface area contributed by atoms with Crippen LogP contribution in [0.15, 0.2) is 48.5 Å². The van der Waals surface area contributed by atoms with Gasteiger partial charge in [0.2, 0.25) is 5.91 Å². The van der Waals surface area contributed by atoms with Crippen LogP contribution in [0, 0.1) is 5.92 Å². The molecule has 0 aromatic heterocycles. The molecule has 3 nitrogen and oxygen atoms in total. The van der Waals surface area contributed by atoms with Crippen LogP contribution >= 0.6 is 0 Å². The number of nitrogens with one attached hydrogen (secondary N) is 1. The lowest BCUT2D eigenvalue weighted by molar-refractivity contribution is -0.117. The van der Waals surface area contributed by atoms with Gasteiger partial charge in [-0.1, -0.05) is 36.4 Å². The maximum atomic E-state index is 12.6. The third-order valence-corrected chi connectivity index (χ3v) is 4.00. The highest BCUT2D eigenvalue weighted by Gasteiger charge is 2.29. The van der Waals surface area contributed by atoms with E-state index in [4.69, 9.17) is 5.73 Å². The monoisotopic (exact) mass is 316 g/mol. The number of alkyl halides is 2. The SMILES string of the molecule is NC(c1ccc(-c2ccc(NC(=O)C3CC3)cc2)cc1)C(F)F. The number of hydrogen-bond donors (Lipinski definition) is 2. The van der Waals surface area contributed by atoms with Crippen molar-refractivity contribution in [3.05, 3.63) is 54.1 Å². The standard InChI is InChI=1S/C18H18F2N2O/c19-17(20)16(21)13-3-1-11(2-4-13)12-7-9-15(10-8-12)22-18(23)14-5-6-14/h1-4,7-10,14,16-17H,5-6,21H2,(H,22,23). The maximum Gasteiger partial charge on any atom is 0.257 e. The summed E-state index contributed by atoms with van der Waals surface area (Å²) in [6.45, 7) is 0. The van der Waals surface area contributed by atoms with Gasteiger partial charge >= 0.3 is 0 Å². The highest BCUT2D eigenvalue weighted by molar-refractivity contribution is 5.94. The van der Waals surface area contributed by atoms with Crippen LogP contribution in [0.5, 0.6) is 0 Å². The minimum absolute atomic E-state index is 0.0723. The van der Waals surface area contributed by atoms with Crippen LogP contribution in [-0.2, 0) is 4.79 Å². The third-order valence-electron chi connectivity index (χ3n) is 4.00. The van der Waals surface area contributed by atoms with Crippen LogP contribution < -0.4 is 11.1 Å². The lowest BCUT2D eigenvalue weighted by Crippen LogP contribution is -2.18. The molecule has 1 amide bonds. The van der Waals surface area contributed by atoms with Crippen molar-refractivity contribution in [3.63, 3.8) is 0 Å². The predicted molar refractivity (Wildman–Crippen MR) is 86.2 cm³/mol. The lowest BCUT2D eigenvalue weighted by atomic mass is 10.0. The molecule has 1 saturated carbocycles. The zero-order valence-electron chi connectivity index (χ0n) is 12.5. The van der Waals surface area contributed by atoms with E-state index in [0.29, 0.717) is 5.56 Å². The molecular weight excluding hydrogens is 298 g/mol. The van der Waals surface area contributed by atoms with Crippen LogP contribution in [-0.4, -0.2) is 12.3 Å². The summed E-state index contributed by atoms with van der Waals surface area (Å²) in [7, 11) is 0. The number of rotatable bonds is 5. The highest BCUT2D eigenvalue weighted by Crippen LogP contribution is 2.30. The molecule has 1 aliphatic rings. The number of nitrogens with two attached hydrogens (primary N) is 1. The Morgan fingerprint density at radius 2 is 1.52 bits per heavy atom. The topological polar surface area (TPSA) is 55.1 Å². The first-order valence-corrected chi connectivity index (χ1v) is 7.59. The first-order chi connectivity index (χ1) is 11.0. The second kappa shape index (κ2) is 6.46. The highest BCUT2D eigenvalue weighted by atomic mass is 19.3. The van der Waals surface area contributed by atoms with E-state index in [0.717, 1.165) is 29.7 Å². The zero-order valence-corrected chi connectivity index (χ0v) is 12.5. The molecule has 1 atom stereocenters. The van der Waals surface area contributed by atoms with Crippen molar-refractivity contribution in [1.29, 1.82) is 0 Å². The number of hydrogen-bond acceptors (Lipinski definition) is 2. The molecular formula is C18H18F2N2O. The van der Waals surface area contributed by atoms with Crippen LogP contribution in [0.25, 0.3) is 11.1 Å². The van der Waals surface area contributed by atoms with Gasteiger partial charge < -0.3 is 11.1 Å². The van der Waals surface area contributed by atoms with Gasteiger partial charge in [0, 0.05) is 11.6 Å². The Kier molecular flexibility index (Phi) is 4.39. The molecule has 0 radical (unpaired) electrons. The molecule has 0 spiro atoms. The van der Waals surface area contributed by atoms with Crippen LogP contribution in [0.4, 0.5) is 14.5 Å². The Morgan fingerprint density at radius 3 is 2.00 bits per heavy atom. The van der Waals surface area contributed by atoms with Gasteiger partial charge in [-0.2, -0.15) is 0 Å². The molecule has 0 bridgehead atoms. The van der Waals surface area contributed by atoms with Gasteiger partial charge in [0.05, 0.1) is 6.04 Å². The molecule has 1 unspecified atom stereocenters. The lowest BCUT2D eigenvalue weighted by Gasteiger charge is -2.11. The van der Waals surface area contributed by atoms with E-state index in [1.807, 2.05) is 24.3 Å². The molecule has 120 valence electrons. The van der Waals surface area contributed by atoms with Gasteiger partial charge in [-0.15, -0.1) is 0 Å². The number of benzene rings is 2. The average Bonchev–Trinajstić information content (AvgIpc) is 3.40. The number of carbonyl (C=O) groups excluding carboxylic acids is 1. The van der Waals surface area contributed by atoms with Gasteiger partial charge in [-0.3, -0.25) is 4.79 Å². The first-order valence-electron chi connectivity index (χ1n) is 7.59. The van der Waals surface area contributed by atoms with Crippen LogP contribution in [0.3, 0.4) is 0 Å². The Bertz CT molecular complexity index is 679. The van der Waals surface area contributed by atoms with Gasteiger partial charge in [-0.25, -0.2) is 8.78 Å². The third kappa shape index (κ3) is 3.74. The second-order valence-corrected chi connectivity index (χ2v) is 5.82. The van der Waals surface area contributed by atoms with Gasteiger partial charge in [-0.05, 0) is 41.7 Å². The normalized spacial score (nSPS) is 15.5. The quantitative estimate of drug-likeness (QED) is 0.877. The van der Waals surface area contributed by atoms with Gasteiger partial charge in [0.15, 0.2) is 0 Å². The Hall–Kier alpha value is -2.27. The van der Waals surface area contributed by atoms with Crippen molar-refractivity contribution in [2.24, 2.45) is 11.7 Å². The summed E-state index contributed by atoms with van der Waals surface area (Å²) in [6, 6.07) is 13.0. The summed E-state index contributed by atoms with van der Waals surface area (Å²) in [6.07, 6.45) is -0.635. The summed E-state index contributed by atoms with van der Waals surface area (Å²) >= 11 is 0. The molecule has 23 heavy (non-hydrogen) atoms. The van der Waals surface area contributed by atoms with E-state index >= 15 is 0 Å². The van der Waals surface area contributed by atoms with E-state index in [9.17, 15) is 13.6 Å². The molecule has 3 N–H and O–H groups in total. The maximum absolute atomic E-state index is 12.6. The van der Waals surface area contributed by atoms with E-state index in [-0.39, 0.29) is 11.8 Å². The fraction of sp³-hybridized carbons (Fsp3) is 0.278. The fourth-order valence-electron chi connectivity index (χ4n) is 2.38. The van der Waals surface area contributed by atoms with Crippen molar-refractivity contribution in [1.82, 2.24) is 0 Å². The van der Waals surface area contributed by atoms with Crippen molar-refractivity contribution < 1.29 is 13.6 Å². The fourth-order valence-corrected chi connectivity index (χ4v) is 2.38. The summed E-state index contributed by atoms with van der Waals surface area (Å²) in [5, 5.41) is 2.88. The molecule has 0 heterocycles. The van der Waals surface area contributed by atoms with Crippen molar-refractivity contribution in [3.8, 4) is 11.1 Å². The summed E-state index contributed by atoms with van der Waals surface area (Å²) in [4.78, 5) is 11.7. The minimum atomic E-state index is -2.57. The number of anilines is 1. The minimum Gasteiger partial charge on any atom is -0.326 e. The molecule has 0 saturated heterocycles. The summed E-state index contributed by atoms with van der Waals surface area (Å²) in [5.74, 6) is 0.240. The van der Waals surface area contributed by atoms with E-state index < -0.39 is 12.5 Å². The smallest absolute Gasteiger partial charge is 0.257 e. The van der Waals surface area contributed by atoms with Crippen molar-refractivity contribution >= 4 is 11.6 Å². The number of carbonyl (C=O) groups is 1. The first kappa shape index (κ1) is 15.6. The molecule has 1 fully saturated rings. The predicted octanol–water partition coefficient (Wildman–Crippen LogP) is 3.97.